The molecule has 1 heterocycles. The fourth-order valence-corrected chi connectivity index (χ4v) is 4.03. The minimum atomic E-state index is 0.101. The van der Waals surface area contributed by atoms with Gasteiger partial charge in [-0.1, -0.05) is 44.2 Å². The van der Waals surface area contributed by atoms with Crippen LogP contribution in [0.3, 0.4) is 0 Å². The first-order valence-electron chi connectivity index (χ1n) is 8.14. The first-order chi connectivity index (χ1) is 10.9. The van der Waals surface area contributed by atoms with Gasteiger partial charge in [0.05, 0.1) is 10.6 Å². The highest BCUT2D eigenvalue weighted by Gasteiger charge is 2.25. The number of aromatic nitrogens is 1. The predicted molar refractivity (Wildman–Crippen MR) is 97.9 cm³/mol. The molecule has 0 aliphatic heterocycles. The molecule has 0 spiro atoms. The third-order valence-corrected chi connectivity index (χ3v) is 5.83. The molecule has 2 aromatic rings. The molecule has 0 unspecified atom stereocenters. The molecule has 3 heteroatoms. The zero-order valence-corrected chi connectivity index (χ0v) is 15.1. The third-order valence-electron chi connectivity index (χ3n) is 4.59. The van der Waals surface area contributed by atoms with Gasteiger partial charge in [-0.25, -0.2) is 4.98 Å². The molecular weight excluding hydrogens is 302 g/mol. The summed E-state index contributed by atoms with van der Waals surface area (Å²) in [5, 5.41) is 1.02. The number of hydrogen-bond donors (Lipinski definition) is 0. The molecule has 1 aliphatic rings. The molecule has 0 saturated heterocycles. The Bertz CT molecular complexity index is 783. The topological polar surface area (TPSA) is 30.0 Å². The second-order valence-electron chi connectivity index (χ2n) is 7.17. The Balaban J connectivity index is 2.06. The Morgan fingerprint density at radius 3 is 2.61 bits per heavy atom. The number of nitrogens with zero attached hydrogens (tertiary/aromatic N) is 1. The van der Waals surface area contributed by atoms with Gasteiger partial charge in [0, 0.05) is 12.5 Å². The summed E-state index contributed by atoms with van der Waals surface area (Å²) >= 11 is 1.55. The van der Waals surface area contributed by atoms with Crippen molar-refractivity contribution in [3.8, 4) is 11.3 Å². The molecule has 0 amide bonds. The van der Waals surface area contributed by atoms with Gasteiger partial charge in [-0.2, -0.15) is 0 Å². The van der Waals surface area contributed by atoms with Crippen molar-refractivity contribution >= 4 is 22.7 Å². The van der Waals surface area contributed by atoms with E-state index < -0.39 is 0 Å². The Hall–Kier alpha value is -1.74. The Kier molecular flexibility index (Phi) is 4.24. The molecule has 3 rings (SSSR count). The monoisotopic (exact) mass is 325 g/mol. The molecule has 1 aromatic heterocycles. The quantitative estimate of drug-likeness (QED) is 0.656. The summed E-state index contributed by atoms with van der Waals surface area (Å²) in [7, 11) is 0. The second kappa shape index (κ2) is 6.04. The highest BCUT2D eigenvalue weighted by atomic mass is 32.1. The number of carbonyl (C=O) groups excluding carboxylic acids is 1. The van der Waals surface area contributed by atoms with Gasteiger partial charge >= 0.3 is 0 Å². The standard InChI is InChI=1S/C20H23NOS/c1-13-7-5-6-8-16(13)17-18(14(2)22)23-19(21-17)15-9-11-20(3,4)12-10-15/h5-9H,10-12H2,1-4H3. The van der Waals surface area contributed by atoms with Gasteiger partial charge in [0.25, 0.3) is 0 Å². The molecule has 0 bridgehead atoms. The van der Waals surface area contributed by atoms with Crippen molar-refractivity contribution in [3.05, 3.63) is 45.8 Å². The van der Waals surface area contributed by atoms with Gasteiger partial charge in [0.2, 0.25) is 0 Å². The first kappa shape index (κ1) is 16.1. The fraction of sp³-hybridized carbons (Fsp3) is 0.400. The van der Waals surface area contributed by atoms with Crippen molar-refractivity contribution in [2.75, 3.05) is 0 Å². The number of carbonyl (C=O) groups is 1. The van der Waals surface area contributed by atoms with Crippen molar-refractivity contribution in [2.45, 2.75) is 47.0 Å². The predicted octanol–water partition coefficient (Wildman–Crippen LogP) is 5.91. The largest absolute Gasteiger partial charge is 0.294 e. The lowest BCUT2D eigenvalue weighted by atomic mass is 9.78. The van der Waals surface area contributed by atoms with Crippen LogP contribution in [0.15, 0.2) is 30.3 Å². The average Bonchev–Trinajstić information content (AvgIpc) is 2.93. The van der Waals surface area contributed by atoms with Crippen LogP contribution in [0.1, 0.15) is 60.3 Å². The highest BCUT2D eigenvalue weighted by Crippen LogP contribution is 2.41. The molecule has 0 radical (unpaired) electrons. The van der Waals surface area contributed by atoms with E-state index in [0.717, 1.165) is 39.5 Å². The van der Waals surface area contributed by atoms with Crippen LogP contribution in [-0.4, -0.2) is 10.8 Å². The van der Waals surface area contributed by atoms with E-state index in [1.165, 1.54) is 12.0 Å². The maximum absolute atomic E-state index is 12.1. The van der Waals surface area contributed by atoms with E-state index >= 15 is 0 Å². The van der Waals surface area contributed by atoms with Gasteiger partial charge in [-0.05, 0) is 42.7 Å². The number of aryl methyl sites for hydroxylation is 1. The maximum Gasteiger partial charge on any atom is 0.172 e. The van der Waals surface area contributed by atoms with Crippen molar-refractivity contribution in [3.63, 3.8) is 0 Å². The van der Waals surface area contributed by atoms with Gasteiger partial charge in [0.15, 0.2) is 5.78 Å². The lowest BCUT2D eigenvalue weighted by Crippen LogP contribution is -2.13. The van der Waals surface area contributed by atoms with Crippen LogP contribution >= 0.6 is 11.3 Å². The summed E-state index contributed by atoms with van der Waals surface area (Å²) in [5.74, 6) is 0.101. The number of benzene rings is 1. The smallest absolute Gasteiger partial charge is 0.172 e. The SMILES string of the molecule is CC(=O)c1sc(C2=CCC(C)(C)CC2)nc1-c1ccccc1C. The zero-order valence-electron chi connectivity index (χ0n) is 14.3. The molecule has 0 fully saturated rings. The van der Waals surface area contributed by atoms with Crippen LogP contribution in [0.5, 0.6) is 0 Å². The van der Waals surface area contributed by atoms with Crippen molar-refractivity contribution in [1.29, 1.82) is 0 Å². The van der Waals surface area contributed by atoms with Crippen molar-refractivity contribution in [1.82, 2.24) is 4.98 Å². The first-order valence-corrected chi connectivity index (χ1v) is 8.96. The minimum absolute atomic E-state index is 0.101. The number of rotatable bonds is 3. The molecule has 2 nitrogen and oxygen atoms in total. The fourth-order valence-electron chi connectivity index (χ4n) is 2.99. The lowest BCUT2D eigenvalue weighted by Gasteiger charge is -2.27. The number of Topliss-reactive ketones (excluding diaryl/α,β-unsaturated/α-hetero) is 1. The molecule has 0 N–H and O–H groups in total. The van der Waals surface area contributed by atoms with Crippen molar-refractivity contribution < 1.29 is 4.79 Å². The Morgan fingerprint density at radius 2 is 2.00 bits per heavy atom. The molecule has 23 heavy (non-hydrogen) atoms. The summed E-state index contributed by atoms with van der Waals surface area (Å²) in [4.78, 5) is 17.7. The summed E-state index contributed by atoms with van der Waals surface area (Å²) in [6.07, 6.45) is 5.61. The Morgan fingerprint density at radius 1 is 1.26 bits per heavy atom. The van der Waals surface area contributed by atoms with Crippen LogP contribution in [-0.2, 0) is 0 Å². The van der Waals surface area contributed by atoms with E-state index in [1.54, 1.807) is 18.3 Å². The summed E-state index contributed by atoms with van der Waals surface area (Å²) in [5.41, 5.74) is 4.75. The van der Waals surface area contributed by atoms with E-state index in [1.807, 2.05) is 12.1 Å². The molecule has 1 aliphatic carbocycles. The van der Waals surface area contributed by atoms with E-state index in [0.29, 0.717) is 5.41 Å². The third kappa shape index (κ3) is 3.30. The normalized spacial score (nSPS) is 17.0. The maximum atomic E-state index is 12.1. The van der Waals surface area contributed by atoms with E-state index in [4.69, 9.17) is 4.98 Å². The Labute approximate surface area is 142 Å². The van der Waals surface area contributed by atoms with Crippen LogP contribution in [0, 0.1) is 12.3 Å². The van der Waals surface area contributed by atoms with Crippen LogP contribution in [0.25, 0.3) is 16.8 Å². The van der Waals surface area contributed by atoms with Crippen LogP contribution < -0.4 is 0 Å². The van der Waals surface area contributed by atoms with Crippen LogP contribution in [0.2, 0.25) is 0 Å². The highest BCUT2D eigenvalue weighted by molar-refractivity contribution is 7.15. The number of allylic oxidation sites excluding steroid dienone is 2. The second-order valence-corrected chi connectivity index (χ2v) is 8.16. The summed E-state index contributed by atoms with van der Waals surface area (Å²) < 4.78 is 0. The van der Waals surface area contributed by atoms with Gasteiger partial charge < -0.3 is 0 Å². The van der Waals surface area contributed by atoms with Gasteiger partial charge in [-0.15, -0.1) is 11.3 Å². The van der Waals surface area contributed by atoms with Gasteiger partial charge in [0.1, 0.15) is 5.01 Å². The van der Waals surface area contributed by atoms with E-state index in [9.17, 15) is 4.79 Å². The number of ketones is 1. The summed E-state index contributed by atoms with van der Waals surface area (Å²) in [6.45, 7) is 8.32. The summed E-state index contributed by atoms with van der Waals surface area (Å²) in [6, 6.07) is 8.15. The number of thiazole rings is 1. The molecule has 1 aromatic carbocycles. The average molecular weight is 325 g/mol. The molecule has 120 valence electrons. The minimum Gasteiger partial charge on any atom is -0.294 e. The molecule has 0 saturated carbocycles. The van der Waals surface area contributed by atoms with Crippen molar-refractivity contribution in [2.24, 2.45) is 5.41 Å². The number of hydrogen-bond acceptors (Lipinski definition) is 3. The molecule has 0 atom stereocenters. The van der Waals surface area contributed by atoms with E-state index in [-0.39, 0.29) is 5.78 Å². The van der Waals surface area contributed by atoms with E-state index in [2.05, 4.69) is 39.0 Å². The zero-order chi connectivity index (χ0) is 16.6. The lowest BCUT2D eigenvalue weighted by molar-refractivity contribution is 0.102. The van der Waals surface area contributed by atoms with Gasteiger partial charge in [-0.3, -0.25) is 4.79 Å². The van der Waals surface area contributed by atoms with Crippen LogP contribution in [0.4, 0.5) is 0 Å². The molecular formula is C20H23NOS.